The standard InChI is InChI=1S/C10H13NO2/c11-9-5-7(6-12)13-10-4-2-1-3-8(9)10/h1-4,7,9,12H,5-6,11H2/t7?,9-/m0/s1. The Labute approximate surface area is 77.1 Å². The summed E-state index contributed by atoms with van der Waals surface area (Å²) in [6.07, 6.45) is 0.540. The van der Waals surface area contributed by atoms with Crippen LogP contribution in [0, 0.1) is 0 Å². The highest BCUT2D eigenvalue weighted by Gasteiger charge is 2.24. The van der Waals surface area contributed by atoms with Crippen molar-refractivity contribution >= 4 is 0 Å². The highest BCUT2D eigenvalue weighted by atomic mass is 16.5. The third-order valence-electron chi connectivity index (χ3n) is 2.33. The van der Waals surface area contributed by atoms with Crippen molar-refractivity contribution in [3.63, 3.8) is 0 Å². The smallest absolute Gasteiger partial charge is 0.124 e. The molecule has 0 amide bonds. The molecule has 0 bridgehead atoms. The van der Waals surface area contributed by atoms with E-state index >= 15 is 0 Å². The number of aliphatic hydroxyl groups is 1. The van der Waals surface area contributed by atoms with E-state index in [4.69, 9.17) is 15.6 Å². The van der Waals surface area contributed by atoms with Crippen molar-refractivity contribution in [1.29, 1.82) is 0 Å². The van der Waals surface area contributed by atoms with E-state index in [0.29, 0.717) is 6.42 Å². The average Bonchev–Trinajstić information content (AvgIpc) is 2.18. The molecule has 3 nitrogen and oxygen atoms in total. The van der Waals surface area contributed by atoms with Crippen molar-refractivity contribution in [2.24, 2.45) is 5.73 Å². The molecular formula is C10H13NO2. The van der Waals surface area contributed by atoms with Gasteiger partial charge in [-0.2, -0.15) is 0 Å². The van der Waals surface area contributed by atoms with Crippen molar-refractivity contribution in [2.45, 2.75) is 18.6 Å². The molecule has 1 heterocycles. The van der Waals surface area contributed by atoms with Crippen molar-refractivity contribution in [3.05, 3.63) is 29.8 Å². The van der Waals surface area contributed by atoms with Crippen molar-refractivity contribution in [3.8, 4) is 5.75 Å². The molecule has 1 aliphatic heterocycles. The molecule has 3 N–H and O–H groups in total. The fourth-order valence-electron chi connectivity index (χ4n) is 1.64. The molecule has 2 rings (SSSR count). The summed E-state index contributed by atoms with van der Waals surface area (Å²) in [5.41, 5.74) is 6.96. The van der Waals surface area contributed by atoms with Gasteiger partial charge in [0.1, 0.15) is 11.9 Å². The first-order chi connectivity index (χ1) is 6.31. The first-order valence-electron chi connectivity index (χ1n) is 4.43. The van der Waals surface area contributed by atoms with Gasteiger partial charge in [-0.15, -0.1) is 0 Å². The van der Waals surface area contributed by atoms with Gasteiger partial charge < -0.3 is 15.6 Å². The van der Waals surface area contributed by atoms with Crippen LogP contribution < -0.4 is 10.5 Å². The van der Waals surface area contributed by atoms with Crippen LogP contribution in [-0.4, -0.2) is 17.8 Å². The summed E-state index contributed by atoms with van der Waals surface area (Å²) in [4.78, 5) is 0. The highest BCUT2D eigenvalue weighted by molar-refractivity contribution is 5.37. The average molecular weight is 179 g/mol. The van der Waals surface area contributed by atoms with Gasteiger partial charge in [-0.05, 0) is 6.07 Å². The van der Waals surface area contributed by atoms with Gasteiger partial charge in [0.05, 0.1) is 6.61 Å². The number of fused-ring (bicyclic) bond motifs is 1. The summed E-state index contributed by atoms with van der Waals surface area (Å²) in [5, 5.41) is 8.95. The Morgan fingerprint density at radius 1 is 1.46 bits per heavy atom. The second-order valence-corrected chi connectivity index (χ2v) is 3.30. The molecule has 1 aromatic carbocycles. The summed E-state index contributed by atoms with van der Waals surface area (Å²) in [6.45, 7) is 0.0298. The quantitative estimate of drug-likeness (QED) is 0.671. The third kappa shape index (κ3) is 1.53. The number of rotatable bonds is 1. The van der Waals surface area contributed by atoms with Crippen LogP contribution in [0.25, 0.3) is 0 Å². The van der Waals surface area contributed by atoms with E-state index in [2.05, 4.69) is 0 Å². The summed E-state index contributed by atoms with van der Waals surface area (Å²) < 4.78 is 5.52. The lowest BCUT2D eigenvalue weighted by Crippen LogP contribution is -2.31. The van der Waals surface area contributed by atoms with Gasteiger partial charge in [-0.1, -0.05) is 18.2 Å². The van der Waals surface area contributed by atoms with E-state index in [1.807, 2.05) is 24.3 Å². The summed E-state index contributed by atoms with van der Waals surface area (Å²) in [7, 11) is 0. The number of aliphatic hydroxyl groups excluding tert-OH is 1. The van der Waals surface area contributed by atoms with Gasteiger partial charge >= 0.3 is 0 Å². The van der Waals surface area contributed by atoms with Crippen molar-refractivity contribution in [2.75, 3.05) is 6.61 Å². The SMILES string of the molecule is N[C@H]1CC(CO)Oc2ccccc21. The molecule has 13 heavy (non-hydrogen) atoms. The maximum Gasteiger partial charge on any atom is 0.124 e. The molecular weight excluding hydrogens is 166 g/mol. The van der Waals surface area contributed by atoms with Crippen LogP contribution in [0.1, 0.15) is 18.0 Å². The molecule has 70 valence electrons. The Morgan fingerprint density at radius 2 is 2.23 bits per heavy atom. The van der Waals surface area contributed by atoms with E-state index in [1.54, 1.807) is 0 Å². The minimum absolute atomic E-state index is 0.0119. The minimum Gasteiger partial charge on any atom is -0.488 e. The molecule has 0 saturated carbocycles. The van der Waals surface area contributed by atoms with Gasteiger partial charge in [-0.25, -0.2) is 0 Å². The second kappa shape index (κ2) is 3.36. The molecule has 1 unspecified atom stereocenters. The number of hydrogen-bond acceptors (Lipinski definition) is 3. The number of benzene rings is 1. The van der Waals surface area contributed by atoms with Crippen LogP contribution in [0.2, 0.25) is 0 Å². The molecule has 0 fully saturated rings. The normalized spacial score (nSPS) is 26.3. The summed E-state index contributed by atoms with van der Waals surface area (Å²) >= 11 is 0. The maximum absolute atomic E-state index is 8.95. The topological polar surface area (TPSA) is 55.5 Å². The van der Waals surface area contributed by atoms with Crippen LogP contribution in [0.15, 0.2) is 24.3 Å². The van der Waals surface area contributed by atoms with E-state index in [-0.39, 0.29) is 18.8 Å². The van der Waals surface area contributed by atoms with Crippen LogP contribution >= 0.6 is 0 Å². The molecule has 1 aromatic rings. The van der Waals surface area contributed by atoms with Gasteiger partial charge in [-0.3, -0.25) is 0 Å². The van der Waals surface area contributed by atoms with Crippen molar-refractivity contribution < 1.29 is 9.84 Å². The Balaban J connectivity index is 2.31. The summed E-state index contributed by atoms with van der Waals surface area (Å²) in [5.74, 6) is 0.806. The molecule has 0 radical (unpaired) electrons. The van der Waals surface area contributed by atoms with E-state index in [1.165, 1.54) is 0 Å². The monoisotopic (exact) mass is 179 g/mol. The van der Waals surface area contributed by atoms with E-state index < -0.39 is 0 Å². The molecule has 3 heteroatoms. The highest BCUT2D eigenvalue weighted by Crippen LogP contribution is 2.32. The fraction of sp³-hybridized carbons (Fsp3) is 0.400. The predicted octanol–water partition coefficient (Wildman–Crippen LogP) is 0.830. The van der Waals surface area contributed by atoms with E-state index in [0.717, 1.165) is 11.3 Å². The van der Waals surface area contributed by atoms with Gasteiger partial charge in [0.15, 0.2) is 0 Å². The zero-order valence-corrected chi connectivity index (χ0v) is 7.31. The van der Waals surface area contributed by atoms with E-state index in [9.17, 15) is 0 Å². The Hall–Kier alpha value is -1.06. The van der Waals surface area contributed by atoms with Crippen LogP contribution in [0.4, 0.5) is 0 Å². The molecule has 0 aliphatic carbocycles. The Morgan fingerprint density at radius 3 is 3.00 bits per heavy atom. The number of nitrogens with two attached hydrogens (primary N) is 1. The maximum atomic E-state index is 8.95. The van der Waals surface area contributed by atoms with Gasteiger partial charge in [0.2, 0.25) is 0 Å². The zero-order chi connectivity index (χ0) is 9.26. The predicted molar refractivity (Wildman–Crippen MR) is 49.5 cm³/mol. The van der Waals surface area contributed by atoms with Gasteiger partial charge in [0.25, 0.3) is 0 Å². The summed E-state index contributed by atoms with van der Waals surface area (Å²) in [6, 6.07) is 7.69. The lowest BCUT2D eigenvalue weighted by atomic mass is 9.98. The third-order valence-corrected chi connectivity index (χ3v) is 2.33. The zero-order valence-electron chi connectivity index (χ0n) is 7.31. The number of para-hydroxylation sites is 1. The molecule has 1 aliphatic rings. The van der Waals surface area contributed by atoms with Crippen LogP contribution in [-0.2, 0) is 0 Å². The minimum atomic E-state index is -0.148. The number of ether oxygens (including phenoxy) is 1. The van der Waals surface area contributed by atoms with Crippen LogP contribution in [0.5, 0.6) is 5.75 Å². The van der Waals surface area contributed by atoms with Crippen LogP contribution in [0.3, 0.4) is 0 Å². The number of hydrogen-bond donors (Lipinski definition) is 2. The molecule has 0 aromatic heterocycles. The van der Waals surface area contributed by atoms with Crippen molar-refractivity contribution in [1.82, 2.24) is 0 Å². The lowest BCUT2D eigenvalue weighted by molar-refractivity contribution is 0.0888. The largest absolute Gasteiger partial charge is 0.488 e. The van der Waals surface area contributed by atoms with Gasteiger partial charge in [0, 0.05) is 18.0 Å². The second-order valence-electron chi connectivity index (χ2n) is 3.30. The fourth-order valence-corrected chi connectivity index (χ4v) is 1.64. The lowest BCUT2D eigenvalue weighted by Gasteiger charge is -2.28. The molecule has 0 saturated heterocycles. The molecule has 2 atom stereocenters. The first-order valence-corrected chi connectivity index (χ1v) is 4.43. The molecule has 0 spiro atoms. The Kier molecular flexibility index (Phi) is 2.20. The first kappa shape index (κ1) is 8.53. The Bertz CT molecular complexity index is 301.